The molecule has 1 aromatic rings. The van der Waals surface area contributed by atoms with Crippen LogP contribution in [0.5, 0.6) is 0 Å². The molecular formula is C11H18F2N4. The molecule has 0 unspecified atom stereocenters. The molecule has 0 saturated carbocycles. The normalized spacial score (nSPS) is 11.9. The average Bonchev–Trinajstić information content (AvgIpc) is 2.26. The minimum atomic E-state index is -2.92. The Morgan fingerprint density at radius 2 is 2.06 bits per heavy atom. The predicted octanol–water partition coefficient (Wildman–Crippen LogP) is 1.91. The molecule has 0 aliphatic rings. The summed E-state index contributed by atoms with van der Waals surface area (Å²) in [5, 5.41) is 2.59. The molecule has 0 saturated heterocycles. The van der Waals surface area contributed by atoms with Crippen molar-refractivity contribution >= 4 is 5.82 Å². The summed E-state index contributed by atoms with van der Waals surface area (Å²) in [6.45, 7) is 4.51. The molecule has 1 rings (SSSR count). The van der Waals surface area contributed by atoms with Gasteiger partial charge in [0, 0.05) is 17.7 Å². The van der Waals surface area contributed by atoms with Gasteiger partial charge in [-0.1, -0.05) is 13.8 Å². The lowest BCUT2D eigenvalue weighted by Gasteiger charge is -2.16. The van der Waals surface area contributed by atoms with Gasteiger partial charge < -0.3 is 11.1 Å². The lowest BCUT2D eigenvalue weighted by atomic mass is 10.2. The zero-order valence-corrected chi connectivity index (χ0v) is 10.3. The fraction of sp³-hybridized carbons (Fsp3) is 0.636. The lowest BCUT2D eigenvalue weighted by Crippen LogP contribution is -2.35. The molecule has 1 heterocycles. The van der Waals surface area contributed by atoms with E-state index in [-0.39, 0.29) is 5.92 Å². The number of alkyl halides is 2. The maximum atomic E-state index is 13.0. The summed E-state index contributed by atoms with van der Waals surface area (Å²) in [4.78, 5) is 8.41. The highest BCUT2D eigenvalue weighted by atomic mass is 19.3. The van der Waals surface area contributed by atoms with Gasteiger partial charge in [-0.15, -0.1) is 0 Å². The molecule has 0 fully saturated rings. The zero-order chi connectivity index (χ0) is 13.1. The van der Waals surface area contributed by atoms with Gasteiger partial charge in [-0.3, -0.25) is 0 Å². The molecule has 1 aromatic heterocycles. The van der Waals surface area contributed by atoms with E-state index >= 15 is 0 Å². The van der Waals surface area contributed by atoms with Crippen LogP contribution in [0, 0.1) is 6.92 Å². The van der Waals surface area contributed by atoms with Crippen LogP contribution in [0.1, 0.15) is 31.3 Å². The Labute approximate surface area is 99.6 Å². The van der Waals surface area contributed by atoms with Crippen molar-refractivity contribution in [3.8, 4) is 0 Å². The Hall–Kier alpha value is -1.30. The van der Waals surface area contributed by atoms with Gasteiger partial charge in [0.1, 0.15) is 11.6 Å². The number of nitrogens with one attached hydrogen (secondary N) is 1. The summed E-state index contributed by atoms with van der Waals surface area (Å²) in [6.07, 6.45) is 0. The number of hydrogen-bond acceptors (Lipinski definition) is 4. The third-order valence-electron chi connectivity index (χ3n) is 2.21. The number of aromatic nitrogens is 2. The van der Waals surface area contributed by atoms with Crippen molar-refractivity contribution in [3.63, 3.8) is 0 Å². The van der Waals surface area contributed by atoms with E-state index < -0.39 is 19.0 Å². The van der Waals surface area contributed by atoms with Crippen molar-refractivity contribution in [3.05, 3.63) is 17.6 Å². The van der Waals surface area contributed by atoms with E-state index in [0.29, 0.717) is 11.6 Å². The van der Waals surface area contributed by atoms with Crippen molar-refractivity contribution in [2.45, 2.75) is 32.6 Å². The van der Waals surface area contributed by atoms with Gasteiger partial charge in [0.15, 0.2) is 0 Å². The fourth-order valence-corrected chi connectivity index (χ4v) is 1.23. The third kappa shape index (κ3) is 4.22. The van der Waals surface area contributed by atoms with Crippen LogP contribution in [0.2, 0.25) is 0 Å². The monoisotopic (exact) mass is 244 g/mol. The molecule has 0 aromatic carbocycles. The van der Waals surface area contributed by atoms with Crippen LogP contribution in [-0.4, -0.2) is 29.0 Å². The second-order valence-corrected chi connectivity index (χ2v) is 4.32. The van der Waals surface area contributed by atoms with E-state index in [1.807, 2.05) is 13.8 Å². The van der Waals surface area contributed by atoms with Crippen LogP contribution in [0.15, 0.2) is 6.07 Å². The average molecular weight is 244 g/mol. The Morgan fingerprint density at radius 3 is 2.59 bits per heavy atom. The van der Waals surface area contributed by atoms with E-state index in [4.69, 9.17) is 5.73 Å². The molecule has 96 valence electrons. The van der Waals surface area contributed by atoms with Gasteiger partial charge in [0.2, 0.25) is 0 Å². The largest absolute Gasteiger partial charge is 0.364 e. The highest BCUT2D eigenvalue weighted by Gasteiger charge is 2.26. The number of aryl methyl sites for hydroxylation is 1. The quantitative estimate of drug-likeness (QED) is 0.830. The molecule has 0 amide bonds. The Balaban J connectivity index is 2.78. The molecule has 0 atom stereocenters. The number of hydrogen-bond donors (Lipinski definition) is 2. The first-order valence-corrected chi connectivity index (χ1v) is 5.51. The van der Waals surface area contributed by atoms with Crippen molar-refractivity contribution in [2.75, 3.05) is 18.4 Å². The summed E-state index contributed by atoms with van der Waals surface area (Å²) in [5.74, 6) is -1.71. The van der Waals surface area contributed by atoms with Crippen LogP contribution in [0.25, 0.3) is 0 Å². The molecule has 0 radical (unpaired) electrons. The molecule has 0 aliphatic carbocycles. The van der Waals surface area contributed by atoms with Crippen molar-refractivity contribution in [1.82, 2.24) is 9.97 Å². The van der Waals surface area contributed by atoms with Crippen LogP contribution < -0.4 is 11.1 Å². The van der Waals surface area contributed by atoms with Gasteiger partial charge in [-0.2, -0.15) is 0 Å². The minimum Gasteiger partial charge on any atom is -0.364 e. The SMILES string of the molecule is Cc1cc(NCC(F)(F)CN)nc(C(C)C)n1. The maximum Gasteiger partial charge on any atom is 0.276 e. The van der Waals surface area contributed by atoms with E-state index in [1.54, 1.807) is 13.0 Å². The first-order valence-electron chi connectivity index (χ1n) is 5.51. The van der Waals surface area contributed by atoms with Gasteiger partial charge in [0.05, 0.1) is 13.1 Å². The second-order valence-electron chi connectivity index (χ2n) is 4.32. The first-order chi connectivity index (χ1) is 7.84. The summed E-state index contributed by atoms with van der Waals surface area (Å²) in [5.41, 5.74) is 5.71. The van der Waals surface area contributed by atoms with Crippen LogP contribution in [0.4, 0.5) is 14.6 Å². The molecule has 0 bridgehead atoms. The van der Waals surface area contributed by atoms with Crippen LogP contribution in [0.3, 0.4) is 0 Å². The highest BCUT2D eigenvalue weighted by molar-refractivity contribution is 5.36. The van der Waals surface area contributed by atoms with E-state index in [1.165, 1.54) is 0 Å². The molecule has 6 heteroatoms. The van der Waals surface area contributed by atoms with Gasteiger partial charge >= 0.3 is 0 Å². The Morgan fingerprint density at radius 1 is 1.41 bits per heavy atom. The van der Waals surface area contributed by atoms with Gasteiger partial charge in [0.25, 0.3) is 5.92 Å². The summed E-state index contributed by atoms with van der Waals surface area (Å²) in [6, 6.07) is 1.64. The standard InChI is InChI=1S/C11H18F2N4/c1-7(2)10-16-8(3)4-9(17-10)15-6-11(12,13)5-14/h4,7H,5-6,14H2,1-3H3,(H,15,16,17). The maximum absolute atomic E-state index is 13.0. The number of halogens is 2. The van der Waals surface area contributed by atoms with Gasteiger partial charge in [-0.05, 0) is 6.92 Å². The topological polar surface area (TPSA) is 63.8 Å². The Bertz CT molecular complexity index is 380. The number of nitrogens with zero attached hydrogens (tertiary/aromatic N) is 2. The summed E-state index contributed by atoms with van der Waals surface area (Å²) in [7, 11) is 0. The fourth-order valence-electron chi connectivity index (χ4n) is 1.23. The molecule has 17 heavy (non-hydrogen) atoms. The lowest BCUT2D eigenvalue weighted by molar-refractivity contribution is 0.0253. The number of nitrogens with two attached hydrogens (primary N) is 1. The van der Waals surface area contributed by atoms with Crippen LogP contribution >= 0.6 is 0 Å². The van der Waals surface area contributed by atoms with E-state index in [9.17, 15) is 8.78 Å². The second kappa shape index (κ2) is 5.35. The predicted molar refractivity (Wildman–Crippen MR) is 63.3 cm³/mol. The molecular weight excluding hydrogens is 226 g/mol. The third-order valence-corrected chi connectivity index (χ3v) is 2.21. The molecule has 3 N–H and O–H groups in total. The zero-order valence-electron chi connectivity index (χ0n) is 10.3. The van der Waals surface area contributed by atoms with Crippen molar-refractivity contribution in [1.29, 1.82) is 0 Å². The molecule has 4 nitrogen and oxygen atoms in total. The van der Waals surface area contributed by atoms with E-state index in [0.717, 1.165) is 5.69 Å². The van der Waals surface area contributed by atoms with Crippen molar-refractivity contribution < 1.29 is 8.78 Å². The first kappa shape index (κ1) is 13.8. The van der Waals surface area contributed by atoms with E-state index in [2.05, 4.69) is 15.3 Å². The number of rotatable bonds is 5. The van der Waals surface area contributed by atoms with Gasteiger partial charge in [-0.25, -0.2) is 18.7 Å². The summed E-state index contributed by atoms with van der Waals surface area (Å²) >= 11 is 0. The number of anilines is 1. The van der Waals surface area contributed by atoms with Crippen LogP contribution in [-0.2, 0) is 0 Å². The summed E-state index contributed by atoms with van der Waals surface area (Å²) < 4.78 is 25.9. The molecule has 0 spiro atoms. The smallest absolute Gasteiger partial charge is 0.276 e. The van der Waals surface area contributed by atoms with Crippen molar-refractivity contribution in [2.24, 2.45) is 5.73 Å². The highest BCUT2D eigenvalue weighted by Crippen LogP contribution is 2.16. The Kier molecular flexibility index (Phi) is 4.34. The minimum absolute atomic E-state index is 0.158. The molecule has 0 aliphatic heterocycles.